The average molecular weight is 234 g/mol. The smallest absolute Gasteiger partial charge is 0.0724 e. The van der Waals surface area contributed by atoms with E-state index in [-0.39, 0.29) is 5.60 Å². The Morgan fingerprint density at radius 3 is 2.00 bits per heavy atom. The van der Waals surface area contributed by atoms with Crippen LogP contribution in [0.25, 0.3) is 0 Å². The van der Waals surface area contributed by atoms with Crippen LogP contribution in [0.4, 0.5) is 0 Å². The lowest BCUT2D eigenvalue weighted by atomic mass is 9.86. The molecule has 0 aliphatic rings. The van der Waals surface area contributed by atoms with E-state index in [0.717, 1.165) is 6.42 Å². The molecule has 1 heteroatoms. The van der Waals surface area contributed by atoms with Crippen molar-refractivity contribution in [3.05, 3.63) is 35.9 Å². The van der Waals surface area contributed by atoms with Gasteiger partial charge in [0.1, 0.15) is 0 Å². The fraction of sp³-hybridized carbons (Fsp3) is 0.625. The molecule has 0 atom stereocenters. The summed E-state index contributed by atoms with van der Waals surface area (Å²) in [6.45, 7) is 11.9. The molecule has 0 aliphatic carbocycles. The molecule has 0 spiro atoms. The molecule has 0 saturated carbocycles. The van der Waals surface area contributed by atoms with Crippen LogP contribution < -0.4 is 0 Å². The summed E-state index contributed by atoms with van der Waals surface area (Å²) in [6.07, 6.45) is 2.29. The van der Waals surface area contributed by atoms with E-state index in [4.69, 9.17) is 4.74 Å². The van der Waals surface area contributed by atoms with Crippen LogP contribution in [-0.4, -0.2) is 5.60 Å². The van der Waals surface area contributed by atoms with Crippen LogP contribution in [0.2, 0.25) is 0 Å². The van der Waals surface area contributed by atoms with Crippen LogP contribution in [0.5, 0.6) is 0 Å². The van der Waals surface area contributed by atoms with Crippen molar-refractivity contribution in [3.63, 3.8) is 0 Å². The van der Waals surface area contributed by atoms with Gasteiger partial charge in [-0.25, -0.2) is 0 Å². The normalized spacial score (nSPS) is 12.8. The Hall–Kier alpha value is -0.820. The maximum Gasteiger partial charge on any atom is 0.0724 e. The van der Waals surface area contributed by atoms with Gasteiger partial charge in [0.05, 0.1) is 12.2 Å². The molecule has 96 valence electrons. The molecule has 0 radical (unpaired) electrons. The summed E-state index contributed by atoms with van der Waals surface area (Å²) < 4.78 is 6.01. The molecule has 1 aromatic rings. The lowest BCUT2D eigenvalue weighted by Gasteiger charge is -2.29. The van der Waals surface area contributed by atoms with E-state index in [9.17, 15) is 0 Å². The van der Waals surface area contributed by atoms with E-state index < -0.39 is 0 Å². The highest BCUT2D eigenvalue weighted by Crippen LogP contribution is 2.27. The van der Waals surface area contributed by atoms with Crippen molar-refractivity contribution in [2.75, 3.05) is 0 Å². The highest BCUT2D eigenvalue weighted by Gasteiger charge is 2.22. The van der Waals surface area contributed by atoms with Crippen molar-refractivity contribution in [2.24, 2.45) is 5.41 Å². The average Bonchev–Trinajstić information content (AvgIpc) is 2.25. The van der Waals surface area contributed by atoms with Crippen molar-refractivity contribution < 1.29 is 4.74 Å². The number of hydrogen-bond acceptors (Lipinski definition) is 1. The minimum atomic E-state index is -0.0386. The molecule has 1 nitrogen and oxygen atoms in total. The quantitative estimate of drug-likeness (QED) is 0.710. The molecule has 1 rings (SSSR count). The zero-order valence-corrected chi connectivity index (χ0v) is 11.9. The molecule has 0 aliphatic heterocycles. The molecule has 0 unspecified atom stereocenters. The zero-order chi connectivity index (χ0) is 12.9. The summed E-state index contributed by atoms with van der Waals surface area (Å²) in [5.74, 6) is 0. The lowest BCUT2D eigenvalue weighted by Crippen LogP contribution is -2.26. The van der Waals surface area contributed by atoms with Gasteiger partial charge in [0, 0.05) is 0 Å². The van der Waals surface area contributed by atoms with Gasteiger partial charge in [-0.15, -0.1) is 0 Å². The van der Waals surface area contributed by atoms with E-state index in [1.807, 2.05) is 6.07 Å². The van der Waals surface area contributed by atoms with E-state index in [1.165, 1.54) is 12.0 Å². The van der Waals surface area contributed by atoms with E-state index in [1.54, 1.807) is 0 Å². The third-order valence-electron chi connectivity index (χ3n) is 2.95. The second-order valence-electron chi connectivity index (χ2n) is 6.59. The third kappa shape index (κ3) is 6.48. The molecular formula is C16H26O. The Morgan fingerprint density at radius 2 is 1.47 bits per heavy atom. The Bertz CT molecular complexity index is 319. The Balaban J connectivity index is 2.39. The first-order valence-corrected chi connectivity index (χ1v) is 6.46. The number of benzene rings is 1. The van der Waals surface area contributed by atoms with Gasteiger partial charge in [-0.05, 0) is 37.7 Å². The van der Waals surface area contributed by atoms with E-state index in [0.29, 0.717) is 12.0 Å². The van der Waals surface area contributed by atoms with Gasteiger partial charge in [-0.2, -0.15) is 0 Å². The van der Waals surface area contributed by atoms with Crippen LogP contribution in [0.1, 0.15) is 53.0 Å². The van der Waals surface area contributed by atoms with Gasteiger partial charge < -0.3 is 4.74 Å². The summed E-state index contributed by atoms with van der Waals surface area (Å²) in [5, 5.41) is 0. The Morgan fingerprint density at radius 1 is 0.882 bits per heavy atom. The first-order valence-electron chi connectivity index (χ1n) is 6.46. The van der Waals surface area contributed by atoms with Crippen LogP contribution in [0.3, 0.4) is 0 Å². The van der Waals surface area contributed by atoms with Gasteiger partial charge in [-0.3, -0.25) is 0 Å². The fourth-order valence-electron chi connectivity index (χ4n) is 1.60. The predicted molar refractivity (Wildman–Crippen MR) is 74.0 cm³/mol. The van der Waals surface area contributed by atoms with Crippen LogP contribution in [-0.2, 0) is 11.3 Å². The van der Waals surface area contributed by atoms with Crippen molar-refractivity contribution in [3.8, 4) is 0 Å². The monoisotopic (exact) mass is 234 g/mol. The Labute approximate surface area is 106 Å². The second kappa shape index (κ2) is 5.68. The van der Waals surface area contributed by atoms with Gasteiger partial charge >= 0.3 is 0 Å². The highest BCUT2D eigenvalue weighted by molar-refractivity contribution is 5.13. The summed E-state index contributed by atoms with van der Waals surface area (Å²) in [5.41, 5.74) is 1.59. The molecular weight excluding hydrogens is 208 g/mol. The van der Waals surface area contributed by atoms with Crippen molar-refractivity contribution in [1.29, 1.82) is 0 Å². The molecule has 17 heavy (non-hydrogen) atoms. The highest BCUT2D eigenvalue weighted by atomic mass is 16.5. The van der Waals surface area contributed by atoms with Gasteiger partial charge in [-0.1, -0.05) is 51.1 Å². The second-order valence-corrected chi connectivity index (χ2v) is 6.59. The SMILES string of the molecule is CC(C)(C)CCC(C)(C)OCc1ccccc1. The van der Waals surface area contributed by atoms with Gasteiger partial charge in [0.25, 0.3) is 0 Å². The molecule has 0 saturated heterocycles. The largest absolute Gasteiger partial charge is 0.371 e. The lowest BCUT2D eigenvalue weighted by molar-refractivity contribution is -0.0409. The summed E-state index contributed by atoms with van der Waals surface area (Å²) in [6, 6.07) is 10.4. The molecule has 1 aromatic carbocycles. The summed E-state index contributed by atoms with van der Waals surface area (Å²) >= 11 is 0. The summed E-state index contributed by atoms with van der Waals surface area (Å²) in [7, 11) is 0. The van der Waals surface area contributed by atoms with Crippen LogP contribution in [0.15, 0.2) is 30.3 Å². The summed E-state index contributed by atoms with van der Waals surface area (Å²) in [4.78, 5) is 0. The molecule has 0 bridgehead atoms. The standard InChI is InChI=1S/C16H26O/c1-15(2,3)11-12-16(4,5)17-13-14-9-7-6-8-10-14/h6-10H,11-13H2,1-5H3. The maximum atomic E-state index is 6.01. The topological polar surface area (TPSA) is 9.23 Å². The predicted octanol–water partition coefficient (Wildman–Crippen LogP) is 4.81. The van der Waals surface area contributed by atoms with Crippen LogP contribution >= 0.6 is 0 Å². The van der Waals surface area contributed by atoms with Crippen molar-refractivity contribution in [2.45, 2.75) is 59.7 Å². The fourth-order valence-corrected chi connectivity index (χ4v) is 1.60. The minimum Gasteiger partial charge on any atom is -0.371 e. The maximum absolute atomic E-state index is 6.01. The van der Waals surface area contributed by atoms with Gasteiger partial charge in [0.15, 0.2) is 0 Å². The zero-order valence-electron chi connectivity index (χ0n) is 11.9. The number of ether oxygens (including phenoxy) is 1. The molecule has 0 heterocycles. The molecule has 0 fully saturated rings. The van der Waals surface area contributed by atoms with Crippen molar-refractivity contribution in [1.82, 2.24) is 0 Å². The number of rotatable bonds is 5. The first-order chi connectivity index (χ1) is 7.79. The molecule has 0 amide bonds. The Kier molecular flexibility index (Phi) is 4.76. The minimum absolute atomic E-state index is 0.0386. The van der Waals surface area contributed by atoms with Gasteiger partial charge in [0.2, 0.25) is 0 Å². The molecule has 0 aromatic heterocycles. The van der Waals surface area contributed by atoms with E-state index >= 15 is 0 Å². The van der Waals surface area contributed by atoms with Crippen molar-refractivity contribution >= 4 is 0 Å². The van der Waals surface area contributed by atoms with Crippen LogP contribution in [0, 0.1) is 5.41 Å². The number of hydrogen-bond donors (Lipinski definition) is 0. The first kappa shape index (κ1) is 14.2. The van der Waals surface area contributed by atoms with E-state index in [2.05, 4.69) is 58.9 Å². The third-order valence-corrected chi connectivity index (χ3v) is 2.95. The molecule has 0 N–H and O–H groups in total.